The van der Waals surface area contributed by atoms with Gasteiger partial charge in [-0.25, -0.2) is 14.4 Å². The number of nitrogens with zero attached hydrogens (tertiary/aromatic N) is 7. The van der Waals surface area contributed by atoms with E-state index in [4.69, 9.17) is 17.3 Å². The number of anilines is 1. The summed E-state index contributed by atoms with van der Waals surface area (Å²) in [6.07, 6.45) is 6.82. The average molecular weight is 476 g/mol. The molecular weight excluding hydrogens is 453 g/mol. The fourth-order valence-electron chi connectivity index (χ4n) is 3.86. The van der Waals surface area contributed by atoms with Crippen LogP contribution in [0.25, 0.3) is 5.82 Å². The van der Waals surface area contributed by atoms with E-state index in [1.807, 2.05) is 7.05 Å². The van der Waals surface area contributed by atoms with Gasteiger partial charge in [-0.2, -0.15) is 9.78 Å². The number of carbonyl (C=O) groups excluding carboxylic acids is 1. The van der Waals surface area contributed by atoms with Crippen LogP contribution in [-0.2, 0) is 6.54 Å². The van der Waals surface area contributed by atoms with Crippen LogP contribution in [0.2, 0.25) is 5.02 Å². The normalized spacial score (nSPS) is 14.9. The Morgan fingerprint density at radius 2 is 2.18 bits per heavy atom. The molecule has 3 N–H and O–H groups in total. The van der Waals surface area contributed by atoms with Gasteiger partial charge in [0.1, 0.15) is 5.82 Å². The van der Waals surface area contributed by atoms with Gasteiger partial charge in [-0.05, 0) is 42.3 Å². The third-order valence-corrected chi connectivity index (χ3v) is 5.96. The van der Waals surface area contributed by atoms with Gasteiger partial charge in [0.15, 0.2) is 5.69 Å². The Morgan fingerprint density at radius 1 is 1.39 bits per heavy atom. The minimum absolute atomic E-state index is 0.0145. The number of hydrogen-bond donors (Lipinski definition) is 2. The van der Waals surface area contributed by atoms with Gasteiger partial charge in [-0.3, -0.25) is 9.69 Å². The molecule has 174 valence electrons. The molecule has 0 spiro atoms. The number of halogens is 2. The first-order chi connectivity index (χ1) is 16.0. The Labute approximate surface area is 193 Å². The Hall–Kier alpha value is -3.38. The van der Waals surface area contributed by atoms with Crippen molar-refractivity contribution in [3.05, 3.63) is 46.0 Å². The van der Waals surface area contributed by atoms with E-state index in [9.17, 15) is 9.18 Å². The highest BCUT2D eigenvalue weighted by Gasteiger charge is 2.27. The van der Waals surface area contributed by atoms with Crippen LogP contribution in [0.1, 0.15) is 53.8 Å². The van der Waals surface area contributed by atoms with Crippen LogP contribution >= 0.6 is 11.6 Å². The maximum Gasteiger partial charge on any atom is 0.293 e. The first kappa shape index (κ1) is 22.8. The van der Waals surface area contributed by atoms with E-state index in [1.165, 1.54) is 29.3 Å². The van der Waals surface area contributed by atoms with Crippen molar-refractivity contribution in [2.75, 3.05) is 12.8 Å². The quantitative estimate of drug-likeness (QED) is 0.392. The van der Waals surface area contributed by atoms with Crippen LogP contribution in [0.15, 0.2) is 27.9 Å². The summed E-state index contributed by atoms with van der Waals surface area (Å²) in [6, 6.07) is 4.61. The van der Waals surface area contributed by atoms with Crippen LogP contribution in [0.4, 0.5) is 10.2 Å². The lowest BCUT2D eigenvalue weighted by atomic mass is 9.94. The second kappa shape index (κ2) is 10.0. The molecule has 0 atom stereocenters. The summed E-state index contributed by atoms with van der Waals surface area (Å²) >= 11 is 5.98. The topological polar surface area (TPSA) is 140 Å². The Bertz CT molecular complexity index is 1140. The van der Waals surface area contributed by atoms with Crippen LogP contribution in [0, 0.1) is 5.82 Å². The van der Waals surface area contributed by atoms with Gasteiger partial charge >= 0.3 is 0 Å². The molecule has 13 heteroatoms. The highest BCUT2D eigenvalue weighted by Crippen LogP contribution is 2.24. The van der Waals surface area contributed by atoms with E-state index in [-0.39, 0.29) is 27.9 Å². The van der Waals surface area contributed by atoms with Crippen LogP contribution in [0.5, 0.6) is 0 Å². The monoisotopic (exact) mass is 475 g/mol. The molecule has 11 nitrogen and oxygen atoms in total. The van der Waals surface area contributed by atoms with Gasteiger partial charge in [0, 0.05) is 18.2 Å². The fraction of sp³-hybridized carbons (Fsp3) is 0.400. The summed E-state index contributed by atoms with van der Waals surface area (Å²) in [7, 11) is 1.98. The number of carbonyl (C=O) groups is 1. The second-order valence-electron chi connectivity index (χ2n) is 7.81. The number of nitrogens with two attached hydrogens (primary N) is 1. The molecule has 0 saturated heterocycles. The van der Waals surface area contributed by atoms with Crippen molar-refractivity contribution in [3.63, 3.8) is 0 Å². The molecule has 1 saturated carbocycles. The molecule has 2 aromatic heterocycles. The minimum Gasteiger partial charge on any atom is -0.378 e. The standard InChI is InChI=1S/C20H23ClFN9O2/c1-30(12-6-3-2-4-7-12)11-16-17(25-29-31(16)19-18(23)27-33-28-19)20(32)26-24-10-13-14(21)8-5-9-15(13)22/h5,8-10,12H,2-4,6-7,11H2,1H3,(H2,23,27)(H,26,32). The summed E-state index contributed by atoms with van der Waals surface area (Å²) in [5.41, 5.74) is 8.71. The first-order valence-electron chi connectivity index (χ1n) is 10.5. The second-order valence-corrected chi connectivity index (χ2v) is 8.22. The zero-order valence-electron chi connectivity index (χ0n) is 17.9. The minimum atomic E-state index is -0.632. The molecule has 33 heavy (non-hydrogen) atoms. The zero-order valence-corrected chi connectivity index (χ0v) is 18.7. The molecule has 1 aliphatic carbocycles. The molecule has 1 amide bonds. The summed E-state index contributed by atoms with van der Waals surface area (Å²) in [5.74, 6) is -1.04. The van der Waals surface area contributed by atoms with Gasteiger partial charge in [0.05, 0.1) is 16.9 Å². The van der Waals surface area contributed by atoms with E-state index in [0.717, 1.165) is 31.9 Å². The molecular formula is C20H23ClFN9O2. The molecule has 3 aromatic rings. The number of aromatic nitrogens is 5. The predicted octanol–water partition coefficient (Wildman–Crippen LogP) is 2.55. The average Bonchev–Trinajstić information content (AvgIpc) is 3.42. The lowest BCUT2D eigenvalue weighted by Crippen LogP contribution is -2.34. The van der Waals surface area contributed by atoms with Crippen molar-refractivity contribution in [1.82, 2.24) is 35.6 Å². The van der Waals surface area contributed by atoms with Crippen molar-refractivity contribution in [2.24, 2.45) is 5.10 Å². The third kappa shape index (κ3) is 5.01. The molecule has 4 rings (SSSR count). The van der Waals surface area contributed by atoms with Crippen LogP contribution in [-0.4, -0.2) is 55.4 Å². The van der Waals surface area contributed by atoms with Gasteiger partial charge in [-0.1, -0.05) is 42.1 Å². The Balaban J connectivity index is 1.59. The summed E-state index contributed by atoms with van der Waals surface area (Å²) in [4.78, 5) is 15.0. The lowest BCUT2D eigenvalue weighted by Gasteiger charge is -2.31. The van der Waals surface area contributed by atoms with Gasteiger partial charge < -0.3 is 5.73 Å². The van der Waals surface area contributed by atoms with Crippen molar-refractivity contribution in [1.29, 1.82) is 0 Å². The molecule has 0 radical (unpaired) electrons. The Morgan fingerprint density at radius 3 is 2.88 bits per heavy atom. The van der Waals surface area contributed by atoms with E-state index < -0.39 is 11.7 Å². The van der Waals surface area contributed by atoms with Gasteiger partial charge in [0.2, 0.25) is 11.6 Å². The van der Waals surface area contributed by atoms with Crippen molar-refractivity contribution >= 4 is 29.5 Å². The number of amides is 1. The predicted molar refractivity (Wildman–Crippen MR) is 118 cm³/mol. The summed E-state index contributed by atoms with van der Waals surface area (Å²) in [5, 5.41) is 19.4. The molecule has 1 fully saturated rings. The number of nitrogen functional groups attached to an aromatic ring is 1. The number of rotatable bonds is 7. The van der Waals surface area contributed by atoms with Crippen LogP contribution < -0.4 is 11.2 Å². The Kier molecular flexibility index (Phi) is 6.94. The van der Waals surface area contributed by atoms with E-state index >= 15 is 0 Å². The molecule has 0 aliphatic heterocycles. The molecule has 1 aliphatic rings. The molecule has 2 heterocycles. The van der Waals surface area contributed by atoms with E-state index in [0.29, 0.717) is 18.3 Å². The number of hydrazone groups is 1. The SMILES string of the molecule is CN(Cc1c(C(=O)NN=Cc2c(F)cccc2Cl)nnn1-c1nonc1N)C1CCCCC1. The highest BCUT2D eigenvalue weighted by atomic mass is 35.5. The fourth-order valence-corrected chi connectivity index (χ4v) is 4.07. The van der Waals surface area contributed by atoms with E-state index in [2.05, 4.69) is 40.7 Å². The van der Waals surface area contributed by atoms with Crippen LogP contribution in [0.3, 0.4) is 0 Å². The van der Waals surface area contributed by atoms with E-state index in [1.54, 1.807) is 0 Å². The molecule has 0 unspecified atom stereocenters. The molecule has 1 aromatic carbocycles. The maximum absolute atomic E-state index is 13.9. The highest BCUT2D eigenvalue weighted by molar-refractivity contribution is 6.33. The van der Waals surface area contributed by atoms with Crippen molar-refractivity contribution in [2.45, 2.75) is 44.7 Å². The number of benzene rings is 1. The smallest absolute Gasteiger partial charge is 0.293 e. The number of hydrogen-bond acceptors (Lipinski definition) is 9. The molecule has 0 bridgehead atoms. The third-order valence-electron chi connectivity index (χ3n) is 5.63. The summed E-state index contributed by atoms with van der Waals surface area (Å²) in [6.45, 7) is 0.357. The zero-order chi connectivity index (χ0) is 23.4. The largest absolute Gasteiger partial charge is 0.378 e. The van der Waals surface area contributed by atoms with Crippen molar-refractivity contribution < 1.29 is 13.8 Å². The number of nitrogens with one attached hydrogen (secondary N) is 1. The first-order valence-corrected chi connectivity index (χ1v) is 10.8. The maximum atomic E-state index is 13.9. The summed E-state index contributed by atoms with van der Waals surface area (Å²) < 4.78 is 19.9. The van der Waals surface area contributed by atoms with Gasteiger partial charge in [0.25, 0.3) is 5.91 Å². The van der Waals surface area contributed by atoms with Crippen molar-refractivity contribution in [3.8, 4) is 5.82 Å². The lowest BCUT2D eigenvalue weighted by molar-refractivity contribution is 0.0947. The van der Waals surface area contributed by atoms with Gasteiger partial charge in [-0.15, -0.1) is 5.10 Å².